The Labute approximate surface area is 82.3 Å². The zero-order chi connectivity index (χ0) is 10.6. The fraction of sp³-hybridized carbons (Fsp3) is 1.00. The second kappa shape index (κ2) is 5.59. The topological polar surface area (TPSA) is 77.4 Å². The highest BCUT2D eigenvalue weighted by Gasteiger charge is 2.39. The molecule has 14 heavy (non-hydrogen) atoms. The number of ether oxygens (including phenoxy) is 4. The van der Waals surface area contributed by atoms with Crippen molar-refractivity contribution >= 4 is 0 Å². The number of aliphatic hydroxyl groups is 2. The summed E-state index contributed by atoms with van der Waals surface area (Å²) in [5.41, 5.74) is 0. The molecule has 0 spiro atoms. The molecule has 4 atom stereocenters. The lowest BCUT2D eigenvalue weighted by Gasteiger charge is -2.36. The lowest BCUT2D eigenvalue weighted by molar-refractivity contribution is -0.280. The van der Waals surface area contributed by atoms with Gasteiger partial charge in [-0.15, -0.1) is 0 Å². The van der Waals surface area contributed by atoms with E-state index in [1.165, 1.54) is 14.2 Å². The van der Waals surface area contributed by atoms with Crippen LogP contribution in [0.15, 0.2) is 0 Å². The molecule has 1 rings (SSSR count). The van der Waals surface area contributed by atoms with Crippen LogP contribution < -0.4 is 0 Å². The minimum Gasteiger partial charge on any atom is -0.388 e. The third-order valence-corrected chi connectivity index (χ3v) is 2.04. The summed E-state index contributed by atoms with van der Waals surface area (Å²) in [5.74, 6) is 0. The van der Waals surface area contributed by atoms with Crippen LogP contribution in [0.3, 0.4) is 0 Å². The predicted octanol–water partition coefficient (Wildman–Crippen LogP) is -1.30. The van der Waals surface area contributed by atoms with Crippen molar-refractivity contribution in [2.45, 2.75) is 24.6 Å². The molecule has 1 fully saturated rings. The summed E-state index contributed by atoms with van der Waals surface area (Å²) in [6.45, 7) is 0.0825. The molecule has 1 aliphatic heterocycles. The van der Waals surface area contributed by atoms with Crippen molar-refractivity contribution in [3.05, 3.63) is 0 Å². The maximum Gasteiger partial charge on any atom is 0.185 e. The fourth-order valence-corrected chi connectivity index (χ4v) is 1.33. The van der Waals surface area contributed by atoms with Gasteiger partial charge >= 0.3 is 0 Å². The van der Waals surface area contributed by atoms with Gasteiger partial charge in [0, 0.05) is 14.2 Å². The molecule has 0 aliphatic carbocycles. The molecule has 0 aromatic heterocycles. The van der Waals surface area contributed by atoms with Crippen LogP contribution in [0.2, 0.25) is 0 Å². The first kappa shape index (κ1) is 11.8. The Morgan fingerprint density at radius 1 is 1.36 bits per heavy atom. The van der Waals surface area contributed by atoms with Crippen LogP contribution in [-0.4, -0.2) is 62.4 Å². The monoisotopic (exact) mass is 208 g/mol. The summed E-state index contributed by atoms with van der Waals surface area (Å²) in [6, 6.07) is 0. The van der Waals surface area contributed by atoms with E-state index in [-0.39, 0.29) is 13.4 Å². The molecular formula is C8H16O6. The Bertz CT molecular complexity index is 164. The molecule has 84 valence electrons. The number of rotatable bonds is 4. The Balaban J connectivity index is 2.49. The van der Waals surface area contributed by atoms with E-state index in [9.17, 15) is 10.2 Å². The SMILES string of the molecule is COCOC1C(O)COC(OC)C1O. The minimum absolute atomic E-state index is 0.00915. The van der Waals surface area contributed by atoms with E-state index in [4.69, 9.17) is 14.2 Å². The Morgan fingerprint density at radius 3 is 2.64 bits per heavy atom. The lowest BCUT2D eigenvalue weighted by atomic mass is 10.1. The van der Waals surface area contributed by atoms with Crippen molar-refractivity contribution < 1.29 is 29.2 Å². The minimum atomic E-state index is -1.01. The van der Waals surface area contributed by atoms with E-state index in [0.29, 0.717) is 0 Å². The molecule has 1 aliphatic rings. The molecule has 0 aromatic rings. The summed E-state index contributed by atoms with van der Waals surface area (Å²) >= 11 is 0. The molecule has 1 heterocycles. The third-order valence-electron chi connectivity index (χ3n) is 2.04. The van der Waals surface area contributed by atoms with Gasteiger partial charge in [-0.25, -0.2) is 0 Å². The van der Waals surface area contributed by atoms with Crippen LogP contribution >= 0.6 is 0 Å². The molecule has 6 nitrogen and oxygen atoms in total. The zero-order valence-electron chi connectivity index (χ0n) is 8.25. The molecule has 2 N–H and O–H groups in total. The number of aliphatic hydroxyl groups excluding tert-OH is 2. The van der Waals surface area contributed by atoms with Gasteiger partial charge in [0.1, 0.15) is 25.1 Å². The van der Waals surface area contributed by atoms with E-state index >= 15 is 0 Å². The largest absolute Gasteiger partial charge is 0.388 e. The number of hydrogen-bond donors (Lipinski definition) is 2. The van der Waals surface area contributed by atoms with Crippen LogP contribution in [0, 0.1) is 0 Å². The van der Waals surface area contributed by atoms with Crippen molar-refractivity contribution in [1.29, 1.82) is 0 Å². The zero-order valence-corrected chi connectivity index (χ0v) is 8.25. The van der Waals surface area contributed by atoms with Crippen molar-refractivity contribution in [1.82, 2.24) is 0 Å². The molecule has 0 radical (unpaired) electrons. The first-order valence-corrected chi connectivity index (χ1v) is 4.31. The molecule has 0 saturated carbocycles. The van der Waals surface area contributed by atoms with E-state index in [1.54, 1.807) is 0 Å². The summed E-state index contributed by atoms with van der Waals surface area (Å²) in [5, 5.41) is 19.1. The second-order valence-electron chi connectivity index (χ2n) is 3.03. The van der Waals surface area contributed by atoms with E-state index in [1.807, 2.05) is 0 Å². The van der Waals surface area contributed by atoms with Crippen LogP contribution in [0.25, 0.3) is 0 Å². The van der Waals surface area contributed by atoms with Crippen LogP contribution in [0.4, 0.5) is 0 Å². The van der Waals surface area contributed by atoms with Crippen molar-refractivity contribution in [3.63, 3.8) is 0 Å². The first-order valence-electron chi connectivity index (χ1n) is 4.31. The van der Waals surface area contributed by atoms with Gasteiger partial charge in [0.15, 0.2) is 6.29 Å². The van der Waals surface area contributed by atoms with Gasteiger partial charge in [-0.2, -0.15) is 0 Å². The highest BCUT2D eigenvalue weighted by Crippen LogP contribution is 2.18. The van der Waals surface area contributed by atoms with Gasteiger partial charge in [0.25, 0.3) is 0 Å². The molecule has 0 bridgehead atoms. The van der Waals surface area contributed by atoms with Crippen molar-refractivity contribution in [3.8, 4) is 0 Å². The number of methoxy groups -OCH3 is 2. The quantitative estimate of drug-likeness (QED) is 0.559. The summed E-state index contributed by atoms with van der Waals surface area (Å²) in [6.07, 6.45) is -3.39. The maximum absolute atomic E-state index is 9.64. The average Bonchev–Trinajstić information content (AvgIpc) is 2.18. The molecule has 0 aromatic carbocycles. The van der Waals surface area contributed by atoms with Crippen molar-refractivity contribution in [2.24, 2.45) is 0 Å². The normalized spacial score (nSPS) is 38.6. The van der Waals surface area contributed by atoms with Gasteiger partial charge < -0.3 is 29.2 Å². The standard InChI is InChI=1S/C8H16O6/c1-11-4-14-7-5(9)3-13-8(12-2)6(7)10/h5-10H,3-4H2,1-2H3. The Morgan fingerprint density at radius 2 is 2.07 bits per heavy atom. The van der Waals surface area contributed by atoms with Crippen LogP contribution in [0.5, 0.6) is 0 Å². The Hall–Kier alpha value is -0.240. The van der Waals surface area contributed by atoms with Crippen molar-refractivity contribution in [2.75, 3.05) is 27.6 Å². The van der Waals surface area contributed by atoms with Crippen LogP contribution in [0.1, 0.15) is 0 Å². The smallest absolute Gasteiger partial charge is 0.185 e. The van der Waals surface area contributed by atoms with Crippen LogP contribution in [-0.2, 0) is 18.9 Å². The van der Waals surface area contributed by atoms with Gasteiger partial charge in [-0.05, 0) is 0 Å². The predicted molar refractivity (Wildman–Crippen MR) is 45.5 cm³/mol. The average molecular weight is 208 g/mol. The maximum atomic E-state index is 9.64. The van der Waals surface area contributed by atoms with Gasteiger partial charge in [0.2, 0.25) is 0 Å². The molecule has 4 unspecified atom stereocenters. The summed E-state index contributed by atoms with van der Waals surface area (Å²) in [4.78, 5) is 0. The third kappa shape index (κ3) is 2.63. The van der Waals surface area contributed by atoms with E-state index in [0.717, 1.165) is 0 Å². The molecule has 6 heteroatoms. The molecular weight excluding hydrogens is 192 g/mol. The van der Waals surface area contributed by atoms with Gasteiger partial charge in [-0.1, -0.05) is 0 Å². The summed E-state index contributed by atoms with van der Waals surface area (Å²) in [7, 11) is 2.88. The first-order chi connectivity index (χ1) is 6.70. The molecule has 1 saturated heterocycles. The highest BCUT2D eigenvalue weighted by atomic mass is 16.7. The highest BCUT2D eigenvalue weighted by molar-refractivity contribution is 4.83. The lowest BCUT2D eigenvalue weighted by Crippen LogP contribution is -2.54. The Kier molecular flexibility index (Phi) is 4.73. The van der Waals surface area contributed by atoms with E-state index < -0.39 is 24.6 Å². The fourth-order valence-electron chi connectivity index (χ4n) is 1.33. The van der Waals surface area contributed by atoms with Gasteiger partial charge in [0.05, 0.1) is 6.61 Å². The molecule has 0 amide bonds. The van der Waals surface area contributed by atoms with E-state index in [2.05, 4.69) is 4.74 Å². The second-order valence-corrected chi connectivity index (χ2v) is 3.03. The number of hydrogen-bond acceptors (Lipinski definition) is 6. The van der Waals surface area contributed by atoms with Gasteiger partial charge in [-0.3, -0.25) is 0 Å². The summed E-state index contributed by atoms with van der Waals surface area (Å²) < 4.78 is 19.7.